The second kappa shape index (κ2) is 36.1. The van der Waals surface area contributed by atoms with Gasteiger partial charge in [-0.1, -0.05) is 70.0 Å². The normalized spacial score (nSPS) is 32.5. The van der Waals surface area contributed by atoms with E-state index >= 15 is 0 Å². The molecule has 0 saturated carbocycles. The minimum Gasteiger partial charge on any atom is -0.492 e. The maximum absolute atomic E-state index is 14.5. The maximum atomic E-state index is 14.5. The zero-order valence-corrected chi connectivity index (χ0v) is 62.2. The minimum absolute atomic E-state index is 0.0113. The van der Waals surface area contributed by atoms with Crippen molar-refractivity contribution < 1.29 is 116 Å². The van der Waals surface area contributed by atoms with Gasteiger partial charge in [-0.3, -0.25) is 20.3 Å². The van der Waals surface area contributed by atoms with Crippen molar-refractivity contribution >= 4 is 89.9 Å². The van der Waals surface area contributed by atoms with E-state index in [2.05, 4.69) is 45.1 Å². The summed E-state index contributed by atoms with van der Waals surface area (Å²) in [5.41, 5.74) is 2.16. The number of fused-ring (bicyclic) bond motifs is 3. The number of likely N-dealkylation sites (N-methyl/N-ethyl adjacent to an activating group) is 1. The number of aryl methyl sites for hydroxylation is 1. The van der Waals surface area contributed by atoms with Crippen LogP contribution < -0.4 is 41.3 Å². The van der Waals surface area contributed by atoms with E-state index < -0.39 is 145 Å². The molecule has 2 aromatic carbocycles. The summed E-state index contributed by atoms with van der Waals surface area (Å²) in [7, 11) is 9.45. The Hall–Kier alpha value is -5.30. The largest absolute Gasteiger partial charge is 0.492 e. The number of halogens is 1. The Morgan fingerprint density at radius 2 is 1.58 bits per heavy atom. The number of nitrogens with one attached hydrogen (secondary N) is 4. The lowest BCUT2D eigenvalue weighted by atomic mass is 9.74. The van der Waals surface area contributed by atoms with Crippen molar-refractivity contribution in [2.75, 3.05) is 66.4 Å². The summed E-state index contributed by atoms with van der Waals surface area (Å²) >= 11 is 2.81. The molecule has 33 heteroatoms. The third-order valence-electron chi connectivity index (χ3n) is 17.7. The first-order chi connectivity index (χ1) is 48.3. The molecule has 29 nitrogen and oxygen atoms in total. The van der Waals surface area contributed by atoms with E-state index in [0.717, 1.165) is 24.4 Å². The predicted molar refractivity (Wildman–Crippen MR) is 379 cm³/mol. The highest BCUT2D eigenvalue weighted by atomic mass is 127. The van der Waals surface area contributed by atoms with E-state index in [1.54, 1.807) is 59.9 Å². The number of aliphatic hydroxyl groups is 6. The van der Waals surface area contributed by atoms with E-state index in [1.807, 2.05) is 36.4 Å². The van der Waals surface area contributed by atoms with Crippen LogP contribution in [0.1, 0.15) is 75.4 Å². The zero-order chi connectivity index (χ0) is 73.1. The van der Waals surface area contributed by atoms with E-state index in [0.29, 0.717) is 32.3 Å². The Kier molecular flexibility index (Phi) is 28.5. The molecule has 0 spiro atoms. The fraction of sp³-hybridized carbons (Fsp3) is 0.588. The number of carbonyl (C=O) groups excluding carboxylic acids is 3. The number of hydrogen-bond donors (Lipinski definition) is 10. The molecule has 21 atom stereocenters. The molecule has 101 heavy (non-hydrogen) atoms. The van der Waals surface area contributed by atoms with Crippen LogP contribution in [0.2, 0.25) is 0 Å². The van der Waals surface area contributed by atoms with Crippen LogP contribution in [0.25, 0.3) is 11.0 Å². The Bertz CT molecular complexity index is 3720. The van der Waals surface area contributed by atoms with Crippen molar-refractivity contribution in [2.45, 2.75) is 194 Å². The number of rotatable bonds is 25. The summed E-state index contributed by atoms with van der Waals surface area (Å²) in [6.45, 7) is 12.9. The summed E-state index contributed by atoms with van der Waals surface area (Å²) < 4.78 is 83.9. The van der Waals surface area contributed by atoms with Gasteiger partial charge in [-0.05, 0) is 106 Å². The van der Waals surface area contributed by atoms with Gasteiger partial charge < -0.3 is 102 Å². The molecule has 554 valence electrons. The number of aliphatic hydroxyl groups excluding tert-OH is 5. The highest BCUT2D eigenvalue weighted by Crippen LogP contribution is 2.49. The van der Waals surface area contributed by atoms with Gasteiger partial charge in [0.1, 0.15) is 48.8 Å². The molecule has 0 radical (unpaired) electrons. The van der Waals surface area contributed by atoms with Crippen LogP contribution >= 0.6 is 55.9 Å². The van der Waals surface area contributed by atoms with Crippen molar-refractivity contribution in [1.29, 1.82) is 0 Å². The summed E-state index contributed by atoms with van der Waals surface area (Å²) in [4.78, 5) is 58.9. The molecule has 4 fully saturated rings. The van der Waals surface area contributed by atoms with Crippen LogP contribution in [0.4, 0.5) is 15.3 Å². The van der Waals surface area contributed by atoms with Gasteiger partial charge in [0.2, 0.25) is 17.2 Å². The van der Waals surface area contributed by atoms with Gasteiger partial charge in [0.15, 0.2) is 36.0 Å². The second-order valence-electron chi connectivity index (χ2n) is 24.6. The summed E-state index contributed by atoms with van der Waals surface area (Å²) in [6.07, 6.45) is -16.7. The molecule has 2 aliphatic carbocycles. The molecule has 2 bridgehead atoms. The number of alkyl carbamates (subject to hydrolysis) is 1. The molecular weight excluding hydrogens is 1500 g/mol. The Balaban J connectivity index is 0.919. The van der Waals surface area contributed by atoms with Gasteiger partial charge in [-0.2, -0.15) is 5.48 Å². The molecular formula is C68H87IN4O25S3. The number of hydroxylamine groups is 1. The topological polar surface area (TPSA) is 380 Å². The molecule has 2 amide bonds. The zero-order valence-electron chi connectivity index (χ0n) is 57.6. The number of thioether (sulfide) groups is 1. The smallest absolute Gasteiger partial charge is 0.411 e. The number of anilines is 1. The number of benzene rings is 2. The van der Waals surface area contributed by atoms with Gasteiger partial charge in [0.05, 0.1) is 96.7 Å². The van der Waals surface area contributed by atoms with Crippen LogP contribution in [-0.2, 0) is 52.2 Å². The predicted octanol–water partition coefficient (Wildman–Crippen LogP) is 4.76. The first-order valence-electron chi connectivity index (χ1n) is 32.6. The molecule has 0 unspecified atom stereocenters. The summed E-state index contributed by atoms with van der Waals surface area (Å²) in [5, 5.41) is 78.5. The van der Waals surface area contributed by atoms with Crippen molar-refractivity contribution in [3.05, 3.63) is 90.0 Å². The number of carbonyl (C=O) groups is 3. The number of ether oxygens (including phenoxy) is 13. The number of methoxy groups -OCH3 is 5. The van der Waals surface area contributed by atoms with E-state index in [-0.39, 0.29) is 82.8 Å². The first kappa shape index (κ1) is 79.8. The molecule has 4 aliphatic heterocycles. The fourth-order valence-electron chi connectivity index (χ4n) is 12.5. The van der Waals surface area contributed by atoms with Gasteiger partial charge in [-0.15, -0.1) is 0 Å². The quantitative estimate of drug-likeness (QED) is 0.0136. The molecule has 6 aliphatic rings. The van der Waals surface area contributed by atoms with Gasteiger partial charge >= 0.3 is 17.8 Å². The minimum atomic E-state index is -2.10. The molecule has 4 saturated heterocycles. The van der Waals surface area contributed by atoms with Crippen LogP contribution in [0.5, 0.6) is 17.2 Å². The third kappa shape index (κ3) is 18.9. The first-order valence-corrected chi connectivity index (χ1v) is 36.9. The van der Waals surface area contributed by atoms with E-state index in [1.165, 1.54) is 67.2 Å². The molecule has 5 heterocycles. The van der Waals surface area contributed by atoms with Crippen molar-refractivity contribution in [1.82, 2.24) is 16.1 Å². The molecule has 9 rings (SSSR count). The van der Waals surface area contributed by atoms with E-state index in [4.69, 9.17) is 70.8 Å². The number of amides is 2. The number of hydrogen-bond acceptors (Lipinski definition) is 30. The van der Waals surface area contributed by atoms with Crippen LogP contribution in [0.3, 0.4) is 0 Å². The molecule has 3 aromatic rings. The molecule has 10 N–H and O–H groups in total. The lowest BCUT2D eigenvalue weighted by Gasteiger charge is -2.47. The average molecular weight is 1580 g/mol. The lowest BCUT2D eigenvalue weighted by molar-refractivity contribution is -0.336. The highest BCUT2D eigenvalue weighted by molar-refractivity contribution is 14.1. The van der Waals surface area contributed by atoms with Crippen molar-refractivity contribution in [2.24, 2.45) is 0 Å². The summed E-state index contributed by atoms with van der Waals surface area (Å²) in [5.74, 6) is 11.9. The van der Waals surface area contributed by atoms with Crippen LogP contribution in [0, 0.1) is 41.1 Å². The highest BCUT2D eigenvalue weighted by Gasteiger charge is 2.52. The van der Waals surface area contributed by atoms with Crippen molar-refractivity contribution in [3.63, 3.8) is 0 Å². The fourth-order valence-corrected chi connectivity index (χ4v) is 16.3. The van der Waals surface area contributed by atoms with Crippen LogP contribution in [0.15, 0.2) is 68.5 Å². The SMILES string of the molecule is CCN[C@H]1CO[C@@H](O[C@H]2[C@H](O[C@H]3C#CC=CC#C[C@]4(O)C[C@H](O)C(NC(=O)OC)=C3/C4=C\CSS[C@H](C)COC(=O)Nc3ccc4c(C)cc(=O)oc4c3)O[C@H](C)[C@@H](NO[C@H]3C[C@H](O)[C@H](SC(=O)c4c(C)c(I)c(O[C@@H]5O[C@@H](C)[C@H](O)[C@@H](OC)[C@H]5O)c(OC)c4OC)[C@@H](C)O3)[C@@H]2O)C[C@@H]1OC. The van der Waals surface area contributed by atoms with E-state index in [9.17, 15) is 49.8 Å². The van der Waals surface area contributed by atoms with Gasteiger partial charge in [0.25, 0.3) is 0 Å². The third-order valence-corrected chi connectivity index (χ3v) is 23.1. The van der Waals surface area contributed by atoms with Crippen molar-refractivity contribution in [3.8, 4) is 40.9 Å². The Labute approximate surface area is 609 Å². The van der Waals surface area contributed by atoms with Crippen LogP contribution in [-0.4, -0.2) is 236 Å². The lowest BCUT2D eigenvalue weighted by Crippen LogP contribution is -2.65. The maximum Gasteiger partial charge on any atom is 0.411 e. The summed E-state index contributed by atoms with van der Waals surface area (Å²) in [6, 6.07) is 4.96. The standard InChI is InChI=1S/C68H87IN4O25S3/c1-13-70-40-30-89-47(27-45(40)84-8)96-60-55(78)52(73-98-48-26-41(74)62(36(7)91-48)100-63(80)49-33(4)51(69)58(61(87-11)57(49)85-9)97-64-56(79)59(86-10)54(77)35(6)93-64)34(5)92-65(60)95-43-18-16-14-15-17-22-68(83)28-42(75)53(72-66(81)88-12)50(43)39(68)21-23-99-101-32(3)29-90-67(82)71-37-19-20-38-31(2)24-46(76)94-44(38)25-37/h14-15,19-21,24-25,32,34-36,40-43,45,47-48,52,54-56,59-60,62,64-65,70,73-75,77-79,83H,13,23,26-30H2,1-12H3,(H,71,82)(H,72,81)/b15-14?,39-21+/t32-,34-,35+,36-,40+,41+,42+,43+,45+,47+,48+,52-,54+,55+,56-,59-,60-,62-,64+,65+,68+/m1/s1. The second-order valence-corrected chi connectivity index (χ2v) is 29.7. The number of allylic oxidation sites excluding steroid dienone is 2. The van der Waals surface area contributed by atoms with Gasteiger partial charge in [-0.25, -0.2) is 14.4 Å². The Morgan fingerprint density at radius 1 is 0.842 bits per heavy atom. The van der Waals surface area contributed by atoms with Gasteiger partial charge in [0, 0.05) is 78.8 Å². The average Bonchev–Trinajstić information content (AvgIpc) is 0.756. The molecule has 1 aromatic heterocycles. The monoisotopic (exact) mass is 1580 g/mol. The Morgan fingerprint density at radius 3 is 2.29 bits per heavy atom.